The van der Waals surface area contributed by atoms with E-state index in [-0.39, 0.29) is 11.3 Å². The highest BCUT2D eigenvalue weighted by Gasteiger charge is 2.48. The summed E-state index contributed by atoms with van der Waals surface area (Å²) in [6.45, 7) is 4.21. The number of ketones is 1. The molecule has 1 saturated heterocycles. The number of rotatable bonds is 5. The summed E-state index contributed by atoms with van der Waals surface area (Å²) in [5, 5.41) is 15.4. The van der Waals surface area contributed by atoms with E-state index in [1.165, 1.54) is 16.2 Å². The van der Waals surface area contributed by atoms with Gasteiger partial charge in [-0.3, -0.25) is 14.5 Å². The van der Waals surface area contributed by atoms with Gasteiger partial charge < -0.3 is 9.84 Å². The van der Waals surface area contributed by atoms with Crippen LogP contribution in [0.3, 0.4) is 0 Å². The van der Waals surface area contributed by atoms with Crippen LogP contribution in [0.15, 0.2) is 77.8 Å². The van der Waals surface area contributed by atoms with Gasteiger partial charge in [0.15, 0.2) is 5.13 Å². The first-order valence-electron chi connectivity index (χ1n) is 11.3. The number of hydrogen-bond donors (Lipinski definition) is 1. The Kier molecular flexibility index (Phi) is 5.86. The lowest BCUT2D eigenvalue weighted by Crippen LogP contribution is -2.29. The molecule has 1 atom stereocenters. The Morgan fingerprint density at radius 1 is 1.03 bits per heavy atom. The highest BCUT2D eigenvalue weighted by molar-refractivity contribution is 7.14. The molecule has 1 aliphatic heterocycles. The van der Waals surface area contributed by atoms with Crippen LogP contribution in [0.1, 0.15) is 42.5 Å². The maximum absolute atomic E-state index is 13.3. The van der Waals surface area contributed by atoms with Crippen LogP contribution in [0.4, 0.5) is 5.13 Å². The normalized spacial score (nSPS) is 17.5. The minimum Gasteiger partial charge on any atom is -0.507 e. The monoisotopic (exact) mass is 484 g/mol. The maximum Gasteiger partial charge on any atom is 0.301 e. The van der Waals surface area contributed by atoms with Gasteiger partial charge in [-0.1, -0.05) is 56.3 Å². The highest BCUT2D eigenvalue weighted by Crippen LogP contribution is 2.43. The molecule has 1 unspecified atom stereocenters. The zero-order valence-electron chi connectivity index (χ0n) is 19.6. The number of methoxy groups -OCH3 is 1. The van der Waals surface area contributed by atoms with E-state index in [0.717, 1.165) is 27.6 Å². The summed E-state index contributed by atoms with van der Waals surface area (Å²) in [4.78, 5) is 32.1. The standard InChI is InChI=1S/C28H24N2O4S/c1-16(2)17-4-6-18(7-5-17)24-23(26(32)27(33)30(24)28-29-12-13-35-28)25(31)21-9-8-20-15-22(34-3)11-10-19(20)14-21/h4-16,24,31H,1-3H3/b25-23+. The molecule has 35 heavy (non-hydrogen) atoms. The minimum atomic E-state index is -0.783. The molecule has 1 amide bonds. The van der Waals surface area contributed by atoms with Crippen molar-refractivity contribution in [3.63, 3.8) is 0 Å². The van der Waals surface area contributed by atoms with Gasteiger partial charge in [-0.25, -0.2) is 4.98 Å². The summed E-state index contributed by atoms with van der Waals surface area (Å²) in [7, 11) is 1.61. The van der Waals surface area contributed by atoms with Crippen LogP contribution in [-0.2, 0) is 9.59 Å². The third-order valence-electron chi connectivity index (χ3n) is 6.31. The zero-order valence-corrected chi connectivity index (χ0v) is 20.4. The van der Waals surface area contributed by atoms with Gasteiger partial charge in [-0.05, 0) is 46.0 Å². The van der Waals surface area contributed by atoms with E-state index >= 15 is 0 Å². The predicted molar refractivity (Wildman–Crippen MR) is 138 cm³/mol. The number of benzene rings is 3. The molecule has 2 heterocycles. The molecule has 4 aromatic rings. The number of nitrogens with zero attached hydrogens (tertiary/aromatic N) is 2. The quantitative estimate of drug-likeness (QED) is 0.212. The molecule has 1 N–H and O–H groups in total. The van der Waals surface area contributed by atoms with Gasteiger partial charge >= 0.3 is 5.91 Å². The summed E-state index contributed by atoms with van der Waals surface area (Å²) in [6.07, 6.45) is 1.59. The van der Waals surface area contributed by atoms with Crippen LogP contribution >= 0.6 is 11.3 Å². The van der Waals surface area contributed by atoms with Crippen LogP contribution < -0.4 is 9.64 Å². The molecule has 6 nitrogen and oxygen atoms in total. The van der Waals surface area contributed by atoms with E-state index in [1.807, 2.05) is 48.5 Å². The van der Waals surface area contributed by atoms with E-state index in [1.54, 1.807) is 30.8 Å². The van der Waals surface area contributed by atoms with Gasteiger partial charge in [-0.15, -0.1) is 11.3 Å². The highest BCUT2D eigenvalue weighted by atomic mass is 32.1. The summed E-state index contributed by atoms with van der Waals surface area (Å²) < 4.78 is 5.29. The Labute approximate surface area is 207 Å². The number of ether oxygens (including phenoxy) is 1. The molecule has 0 spiro atoms. The first kappa shape index (κ1) is 22.8. The summed E-state index contributed by atoms with van der Waals surface area (Å²) in [5.74, 6) is -0.576. The first-order valence-corrected chi connectivity index (χ1v) is 12.2. The van der Waals surface area contributed by atoms with Gasteiger partial charge in [-0.2, -0.15) is 0 Å². The summed E-state index contributed by atoms with van der Waals surface area (Å²) in [5.41, 5.74) is 2.39. The second-order valence-electron chi connectivity index (χ2n) is 8.73. The molecule has 0 saturated carbocycles. The molecular formula is C28H24N2O4S. The second kappa shape index (κ2) is 9.00. The lowest BCUT2D eigenvalue weighted by atomic mass is 9.93. The number of Topliss-reactive ketones (excluding diaryl/α,β-unsaturated/α-hetero) is 1. The fraction of sp³-hybridized carbons (Fsp3) is 0.179. The number of aromatic nitrogens is 1. The molecular weight excluding hydrogens is 460 g/mol. The number of anilines is 1. The van der Waals surface area contributed by atoms with Crippen molar-refractivity contribution in [2.45, 2.75) is 25.8 Å². The number of amides is 1. The summed E-state index contributed by atoms with van der Waals surface area (Å²) in [6, 6.07) is 18.1. The zero-order chi connectivity index (χ0) is 24.7. The lowest BCUT2D eigenvalue weighted by molar-refractivity contribution is -0.132. The van der Waals surface area contributed by atoms with E-state index in [2.05, 4.69) is 18.8 Å². The van der Waals surface area contributed by atoms with E-state index in [4.69, 9.17) is 4.74 Å². The molecule has 0 radical (unpaired) electrons. The fourth-order valence-corrected chi connectivity index (χ4v) is 5.06. The average molecular weight is 485 g/mol. The van der Waals surface area contributed by atoms with Gasteiger partial charge in [0.05, 0.1) is 18.7 Å². The number of thiazole rings is 1. The van der Waals surface area contributed by atoms with Crippen molar-refractivity contribution in [2.24, 2.45) is 0 Å². The number of hydrogen-bond acceptors (Lipinski definition) is 6. The molecule has 5 rings (SSSR count). The molecule has 3 aromatic carbocycles. The summed E-state index contributed by atoms with van der Waals surface area (Å²) >= 11 is 1.27. The molecule has 1 fully saturated rings. The predicted octanol–water partition coefficient (Wildman–Crippen LogP) is 6.05. The molecule has 7 heteroatoms. The van der Waals surface area contributed by atoms with Crippen molar-refractivity contribution in [1.82, 2.24) is 4.98 Å². The van der Waals surface area contributed by atoms with Gasteiger partial charge in [0.25, 0.3) is 5.78 Å². The van der Waals surface area contributed by atoms with Crippen molar-refractivity contribution in [3.05, 3.63) is 94.5 Å². The van der Waals surface area contributed by atoms with Crippen LogP contribution in [0, 0.1) is 0 Å². The average Bonchev–Trinajstić information content (AvgIpc) is 3.49. The largest absolute Gasteiger partial charge is 0.507 e. The Bertz CT molecular complexity index is 1460. The third-order valence-corrected chi connectivity index (χ3v) is 7.08. The van der Waals surface area contributed by atoms with Crippen molar-refractivity contribution < 1.29 is 19.4 Å². The van der Waals surface area contributed by atoms with Crippen molar-refractivity contribution in [3.8, 4) is 5.75 Å². The number of aliphatic hydroxyl groups is 1. The van der Waals surface area contributed by atoms with E-state index < -0.39 is 17.7 Å². The van der Waals surface area contributed by atoms with Crippen molar-refractivity contribution >= 4 is 44.7 Å². The Morgan fingerprint density at radius 2 is 1.74 bits per heavy atom. The fourth-order valence-electron chi connectivity index (χ4n) is 4.40. The van der Waals surface area contributed by atoms with Crippen LogP contribution in [0.5, 0.6) is 5.75 Å². The van der Waals surface area contributed by atoms with Gasteiger partial charge in [0, 0.05) is 17.1 Å². The van der Waals surface area contributed by atoms with Crippen LogP contribution in [0.2, 0.25) is 0 Å². The smallest absolute Gasteiger partial charge is 0.301 e. The molecule has 0 bridgehead atoms. The topological polar surface area (TPSA) is 79.7 Å². The number of carbonyl (C=O) groups is 2. The number of fused-ring (bicyclic) bond motifs is 1. The van der Waals surface area contributed by atoms with Crippen LogP contribution in [-0.4, -0.2) is 28.9 Å². The SMILES string of the molecule is COc1ccc2cc(/C(O)=C3\C(=O)C(=O)N(c4nccs4)C3c3ccc(C(C)C)cc3)ccc2c1. The molecule has 176 valence electrons. The van der Waals surface area contributed by atoms with Crippen molar-refractivity contribution in [2.75, 3.05) is 12.0 Å². The number of carbonyl (C=O) groups excluding carboxylic acids is 2. The lowest BCUT2D eigenvalue weighted by Gasteiger charge is -2.23. The van der Waals surface area contributed by atoms with E-state index in [0.29, 0.717) is 16.6 Å². The minimum absolute atomic E-state index is 0.0513. The Morgan fingerprint density at radius 3 is 2.40 bits per heavy atom. The molecule has 1 aliphatic rings. The maximum atomic E-state index is 13.3. The Balaban J connectivity index is 1.67. The van der Waals surface area contributed by atoms with E-state index in [9.17, 15) is 14.7 Å². The number of aliphatic hydroxyl groups excluding tert-OH is 1. The van der Waals surface area contributed by atoms with Crippen LogP contribution in [0.25, 0.3) is 16.5 Å². The third kappa shape index (κ3) is 3.98. The van der Waals surface area contributed by atoms with Gasteiger partial charge in [0.2, 0.25) is 0 Å². The second-order valence-corrected chi connectivity index (χ2v) is 9.61. The van der Waals surface area contributed by atoms with Crippen molar-refractivity contribution in [1.29, 1.82) is 0 Å². The molecule has 0 aliphatic carbocycles. The Hall–Kier alpha value is -3.97. The first-order chi connectivity index (χ1) is 16.9. The van der Waals surface area contributed by atoms with Gasteiger partial charge in [0.1, 0.15) is 11.5 Å². The molecule has 1 aromatic heterocycles.